The molecule has 0 atom stereocenters. The summed E-state index contributed by atoms with van der Waals surface area (Å²) in [4.78, 5) is 11.9. The van der Waals surface area contributed by atoms with Crippen molar-refractivity contribution < 1.29 is 17.6 Å². The molecule has 0 radical (unpaired) electrons. The first-order valence-electron chi connectivity index (χ1n) is 5.82. The van der Waals surface area contributed by atoms with Crippen LogP contribution in [-0.4, -0.2) is 32.7 Å². The van der Waals surface area contributed by atoms with E-state index < -0.39 is 27.3 Å². The van der Waals surface area contributed by atoms with Gasteiger partial charge in [-0.25, -0.2) is 17.5 Å². The minimum atomic E-state index is -3.38. The third-order valence-electron chi connectivity index (χ3n) is 2.41. The second kappa shape index (κ2) is 5.76. The van der Waals surface area contributed by atoms with Crippen molar-refractivity contribution in [3.05, 3.63) is 29.6 Å². The third kappa shape index (κ3) is 5.14. The minimum Gasteiger partial charge on any atom is -0.398 e. The lowest BCUT2D eigenvalue weighted by Crippen LogP contribution is -2.51. The van der Waals surface area contributed by atoms with Crippen LogP contribution < -0.4 is 15.8 Å². The lowest BCUT2D eigenvalue weighted by atomic mass is 10.1. The molecule has 4 N–H and O–H groups in total. The van der Waals surface area contributed by atoms with Crippen molar-refractivity contribution in [2.24, 2.45) is 0 Å². The fourth-order valence-corrected chi connectivity index (χ4v) is 2.75. The molecule has 0 aliphatic carbocycles. The molecule has 0 unspecified atom stereocenters. The predicted octanol–water partition coefficient (Wildman–Crippen LogP) is 0.466. The van der Waals surface area contributed by atoms with Gasteiger partial charge in [-0.2, -0.15) is 0 Å². The van der Waals surface area contributed by atoms with Crippen molar-refractivity contribution >= 4 is 21.6 Å². The van der Waals surface area contributed by atoms with Gasteiger partial charge in [0.25, 0.3) is 5.91 Å². The summed E-state index contributed by atoms with van der Waals surface area (Å²) in [5.74, 6) is -1.02. The molecule has 1 rings (SSSR count). The Hall–Kier alpha value is -1.67. The van der Waals surface area contributed by atoms with Crippen LogP contribution in [0.4, 0.5) is 10.1 Å². The summed E-state index contributed by atoms with van der Waals surface area (Å²) in [6, 6.07) is 3.46. The Morgan fingerprint density at radius 1 is 1.40 bits per heavy atom. The largest absolute Gasteiger partial charge is 0.398 e. The smallest absolute Gasteiger partial charge is 0.253 e. The molecule has 0 saturated carbocycles. The molecule has 0 aliphatic heterocycles. The van der Waals surface area contributed by atoms with E-state index >= 15 is 0 Å². The lowest BCUT2D eigenvalue weighted by Gasteiger charge is -2.25. The van der Waals surface area contributed by atoms with Crippen LogP contribution in [-0.2, 0) is 10.0 Å². The van der Waals surface area contributed by atoms with Gasteiger partial charge >= 0.3 is 0 Å². The number of rotatable bonds is 5. The highest BCUT2D eigenvalue weighted by atomic mass is 32.2. The molecule has 1 aromatic rings. The summed E-state index contributed by atoms with van der Waals surface area (Å²) in [6.07, 6.45) is 1.04. The summed E-state index contributed by atoms with van der Waals surface area (Å²) >= 11 is 0. The predicted molar refractivity (Wildman–Crippen MR) is 75.2 cm³/mol. The normalized spacial score (nSPS) is 12.2. The van der Waals surface area contributed by atoms with Gasteiger partial charge in [-0.3, -0.25) is 4.79 Å². The Morgan fingerprint density at radius 3 is 2.50 bits per heavy atom. The number of hydrogen-bond donors (Lipinski definition) is 3. The number of halogens is 1. The van der Waals surface area contributed by atoms with Crippen LogP contribution in [0.15, 0.2) is 18.2 Å². The summed E-state index contributed by atoms with van der Waals surface area (Å²) in [5.41, 5.74) is 4.87. The van der Waals surface area contributed by atoms with Gasteiger partial charge in [0, 0.05) is 17.8 Å². The molecule has 0 saturated heterocycles. The first-order chi connectivity index (χ1) is 9.00. The van der Waals surface area contributed by atoms with E-state index in [9.17, 15) is 17.6 Å². The van der Waals surface area contributed by atoms with Crippen LogP contribution in [0.25, 0.3) is 0 Å². The van der Waals surface area contributed by atoms with E-state index in [1.54, 1.807) is 13.8 Å². The van der Waals surface area contributed by atoms with Gasteiger partial charge < -0.3 is 11.1 Å². The van der Waals surface area contributed by atoms with Gasteiger partial charge in [0.05, 0.1) is 11.8 Å². The molecule has 1 aromatic carbocycles. The fourth-order valence-electron chi connectivity index (χ4n) is 1.67. The van der Waals surface area contributed by atoms with Gasteiger partial charge in [-0.1, -0.05) is 0 Å². The molecule has 0 bridgehead atoms. The van der Waals surface area contributed by atoms with Gasteiger partial charge in [0.15, 0.2) is 0 Å². The number of nitrogens with two attached hydrogens (primary N) is 1. The van der Waals surface area contributed by atoms with E-state index in [2.05, 4.69) is 10.0 Å². The Labute approximate surface area is 117 Å². The van der Waals surface area contributed by atoms with Crippen molar-refractivity contribution in [1.29, 1.82) is 0 Å². The summed E-state index contributed by atoms with van der Waals surface area (Å²) in [7, 11) is -3.38. The van der Waals surface area contributed by atoms with Crippen LogP contribution in [0.1, 0.15) is 24.2 Å². The van der Waals surface area contributed by atoms with Gasteiger partial charge in [0.2, 0.25) is 10.0 Å². The molecule has 6 nitrogen and oxygen atoms in total. The number of anilines is 1. The van der Waals surface area contributed by atoms with Crippen molar-refractivity contribution in [2.45, 2.75) is 19.4 Å². The maximum atomic E-state index is 12.9. The molecule has 0 aromatic heterocycles. The summed E-state index contributed by atoms with van der Waals surface area (Å²) in [5, 5.41) is 2.55. The third-order valence-corrected chi connectivity index (χ3v) is 3.33. The highest BCUT2D eigenvalue weighted by Gasteiger charge is 2.23. The van der Waals surface area contributed by atoms with Crippen LogP contribution in [0, 0.1) is 5.82 Å². The highest BCUT2D eigenvalue weighted by Crippen LogP contribution is 2.13. The van der Waals surface area contributed by atoms with E-state index in [0.29, 0.717) is 0 Å². The zero-order valence-corrected chi connectivity index (χ0v) is 12.3. The van der Waals surface area contributed by atoms with Crippen molar-refractivity contribution in [3.63, 3.8) is 0 Å². The molecular formula is C12H18FN3O3S. The Kier molecular flexibility index (Phi) is 4.72. The second-order valence-electron chi connectivity index (χ2n) is 5.17. The maximum absolute atomic E-state index is 12.9. The molecule has 0 aliphatic rings. The lowest BCUT2D eigenvalue weighted by molar-refractivity contribution is 0.0945. The molecule has 0 heterocycles. The SMILES string of the molecule is CC(C)(CNC(=O)c1ccc(F)cc1N)NS(C)(=O)=O. The summed E-state index contributed by atoms with van der Waals surface area (Å²) in [6.45, 7) is 3.32. The molecule has 20 heavy (non-hydrogen) atoms. The first-order valence-corrected chi connectivity index (χ1v) is 7.71. The monoisotopic (exact) mass is 303 g/mol. The minimum absolute atomic E-state index is 0.0244. The van der Waals surface area contributed by atoms with E-state index in [4.69, 9.17) is 5.73 Å². The number of sulfonamides is 1. The number of benzene rings is 1. The van der Waals surface area contributed by atoms with Crippen molar-refractivity contribution in [2.75, 3.05) is 18.5 Å². The van der Waals surface area contributed by atoms with Crippen LogP contribution in [0.3, 0.4) is 0 Å². The number of hydrogen-bond acceptors (Lipinski definition) is 4. The van der Waals surface area contributed by atoms with Crippen LogP contribution in [0.2, 0.25) is 0 Å². The highest BCUT2D eigenvalue weighted by molar-refractivity contribution is 7.88. The number of nitrogens with one attached hydrogen (secondary N) is 2. The second-order valence-corrected chi connectivity index (χ2v) is 6.92. The Morgan fingerprint density at radius 2 is 2.00 bits per heavy atom. The summed E-state index contributed by atoms with van der Waals surface area (Å²) < 4.78 is 37.6. The first kappa shape index (κ1) is 16.4. The van der Waals surface area contributed by atoms with E-state index in [-0.39, 0.29) is 17.8 Å². The fraction of sp³-hybridized carbons (Fsp3) is 0.417. The van der Waals surface area contributed by atoms with E-state index in [1.165, 1.54) is 6.07 Å². The van der Waals surface area contributed by atoms with Gasteiger partial charge in [0.1, 0.15) is 5.82 Å². The molecule has 8 heteroatoms. The van der Waals surface area contributed by atoms with Crippen LogP contribution in [0.5, 0.6) is 0 Å². The standard InChI is InChI=1S/C12H18FN3O3S/c1-12(2,16-20(3,18)19)7-15-11(17)9-5-4-8(13)6-10(9)14/h4-6,16H,7,14H2,1-3H3,(H,15,17). The average Bonchev–Trinajstić information content (AvgIpc) is 2.22. The number of carbonyl (C=O) groups excluding carboxylic acids is 1. The number of nitrogen functional groups attached to an aromatic ring is 1. The Balaban J connectivity index is 2.72. The van der Waals surface area contributed by atoms with E-state index in [1.807, 2.05) is 0 Å². The average molecular weight is 303 g/mol. The van der Waals surface area contributed by atoms with Gasteiger partial charge in [-0.15, -0.1) is 0 Å². The topological polar surface area (TPSA) is 101 Å². The molecule has 0 fully saturated rings. The zero-order chi connectivity index (χ0) is 15.6. The quantitative estimate of drug-likeness (QED) is 0.688. The Bertz CT molecular complexity index is 614. The molecule has 0 spiro atoms. The van der Waals surface area contributed by atoms with E-state index in [0.717, 1.165) is 18.4 Å². The van der Waals surface area contributed by atoms with Crippen molar-refractivity contribution in [1.82, 2.24) is 10.0 Å². The van der Waals surface area contributed by atoms with Crippen molar-refractivity contribution in [3.8, 4) is 0 Å². The number of carbonyl (C=O) groups is 1. The molecular weight excluding hydrogens is 285 g/mol. The number of amides is 1. The van der Waals surface area contributed by atoms with Crippen LogP contribution >= 0.6 is 0 Å². The molecule has 112 valence electrons. The maximum Gasteiger partial charge on any atom is 0.253 e. The zero-order valence-electron chi connectivity index (χ0n) is 11.5. The van der Waals surface area contributed by atoms with Gasteiger partial charge in [-0.05, 0) is 32.0 Å². The molecule has 1 amide bonds.